The van der Waals surface area contributed by atoms with Gasteiger partial charge in [0.15, 0.2) is 5.82 Å². The predicted molar refractivity (Wildman–Crippen MR) is 129 cm³/mol. The fourth-order valence-electron chi connectivity index (χ4n) is 4.75. The number of hydrogen-bond acceptors (Lipinski definition) is 3. The van der Waals surface area contributed by atoms with Crippen LogP contribution in [-0.4, -0.2) is 50.8 Å². The number of nitrogens with one attached hydrogen (secondary N) is 1. The van der Waals surface area contributed by atoms with Crippen LogP contribution in [0.3, 0.4) is 0 Å². The van der Waals surface area contributed by atoms with Gasteiger partial charge in [0.2, 0.25) is 0 Å². The molecule has 1 saturated heterocycles. The summed E-state index contributed by atoms with van der Waals surface area (Å²) in [5, 5.41) is 7.89. The van der Waals surface area contributed by atoms with Crippen molar-refractivity contribution in [2.24, 2.45) is 0 Å². The quantitative estimate of drug-likeness (QED) is 0.526. The van der Waals surface area contributed by atoms with Gasteiger partial charge in [-0.25, -0.2) is 4.68 Å². The molecule has 3 heterocycles. The minimum atomic E-state index is -0.0600. The minimum Gasteiger partial charge on any atom is -0.352 e. The van der Waals surface area contributed by atoms with E-state index in [0.717, 1.165) is 30.2 Å². The lowest BCUT2D eigenvalue weighted by atomic mass is 10.00. The van der Waals surface area contributed by atoms with Crippen LogP contribution in [-0.2, 0) is 0 Å². The van der Waals surface area contributed by atoms with Crippen molar-refractivity contribution in [2.75, 3.05) is 19.6 Å². The lowest BCUT2D eigenvalue weighted by Gasteiger charge is -2.35. The summed E-state index contributed by atoms with van der Waals surface area (Å²) in [5.41, 5.74) is 3.49. The van der Waals surface area contributed by atoms with Gasteiger partial charge in [-0.2, -0.15) is 5.10 Å². The smallest absolute Gasteiger partial charge is 0.256 e. The molecule has 4 rings (SSSR count). The van der Waals surface area contributed by atoms with E-state index in [2.05, 4.69) is 36.2 Å². The summed E-state index contributed by atoms with van der Waals surface area (Å²) in [6, 6.07) is 12.8. The van der Waals surface area contributed by atoms with Crippen molar-refractivity contribution in [2.45, 2.75) is 58.9 Å². The monoisotopic (exact) mass is 433 g/mol. The Morgan fingerprint density at radius 3 is 2.59 bits per heavy atom. The van der Waals surface area contributed by atoms with E-state index >= 15 is 0 Å². The lowest BCUT2D eigenvalue weighted by Crippen LogP contribution is -2.40. The van der Waals surface area contributed by atoms with Crippen molar-refractivity contribution in [3.05, 3.63) is 65.6 Å². The van der Waals surface area contributed by atoms with E-state index in [0.29, 0.717) is 18.2 Å². The Labute approximate surface area is 191 Å². The summed E-state index contributed by atoms with van der Waals surface area (Å²) >= 11 is 0. The molecule has 0 radical (unpaired) electrons. The average Bonchev–Trinajstić information content (AvgIpc) is 3.45. The molecule has 0 aliphatic carbocycles. The Balaban J connectivity index is 1.50. The highest BCUT2D eigenvalue weighted by Gasteiger charge is 2.24. The molecule has 6 heteroatoms. The number of hydrogen-bond donors (Lipinski definition) is 1. The number of rotatable bonds is 8. The molecule has 1 aliphatic rings. The van der Waals surface area contributed by atoms with Gasteiger partial charge in [0.05, 0.1) is 11.4 Å². The number of carbonyl (C=O) groups is 1. The van der Waals surface area contributed by atoms with Gasteiger partial charge in [-0.1, -0.05) is 31.0 Å². The third-order valence-corrected chi connectivity index (χ3v) is 6.52. The molecule has 3 aromatic rings. The Kier molecular flexibility index (Phi) is 7.10. The summed E-state index contributed by atoms with van der Waals surface area (Å²) in [6.07, 6.45) is 10.0. The van der Waals surface area contributed by atoms with E-state index in [1.54, 1.807) is 0 Å². The standard InChI is InChI=1S/C26H35N5O/c1-4-22-10-5-6-16-29(22)19-9-15-27-25(32)24-21(3)28-31(23-13-11-20(2)12-14-23)26(24)30-17-7-8-18-30/h7-8,11-14,17-18,22H,4-6,9-10,15-16,19H2,1-3H3,(H,27,32)/t22-/m0/s1. The topological polar surface area (TPSA) is 55.1 Å². The molecule has 0 spiro atoms. The van der Waals surface area contributed by atoms with Crippen molar-refractivity contribution < 1.29 is 4.79 Å². The zero-order valence-electron chi connectivity index (χ0n) is 19.6. The highest BCUT2D eigenvalue weighted by atomic mass is 16.1. The maximum atomic E-state index is 13.3. The van der Waals surface area contributed by atoms with E-state index in [-0.39, 0.29) is 5.91 Å². The summed E-state index contributed by atoms with van der Waals surface area (Å²) in [7, 11) is 0. The molecule has 1 atom stereocenters. The number of carbonyl (C=O) groups excluding carboxylic acids is 1. The number of amides is 1. The third-order valence-electron chi connectivity index (χ3n) is 6.52. The first kappa shape index (κ1) is 22.3. The van der Waals surface area contributed by atoms with Crippen LogP contribution in [0.4, 0.5) is 0 Å². The van der Waals surface area contributed by atoms with E-state index in [1.807, 2.05) is 52.8 Å². The molecule has 1 aliphatic heterocycles. The highest BCUT2D eigenvalue weighted by molar-refractivity contribution is 5.98. The maximum Gasteiger partial charge on any atom is 0.256 e. The first-order valence-corrected chi connectivity index (χ1v) is 11.9. The van der Waals surface area contributed by atoms with Crippen LogP contribution in [0.5, 0.6) is 0 Å². The van der Waals surface area contributed by atoms with Crippen molar-refractivity contribution >= 4 is 5.91 Å². The summed E-state index contributed by atoms with van der Waals surface area (Å²) < 4.78 is 3.83. The summed E-state index contributed by atoms with van der Waals surface area (Å²) in [6.45, 7) is 9.16. The van der Waals surface area contributed by atoms with Gasteiger partial charge in [-0.3, -0.25) is 4.79 Å². The molecule has 170 valence electrons. The van der Waals surface area contributed by atoms with E-state index in [4.69, 9.17) is 5.10 Å². The molecule has 1 fully saturated rings. The van der Waals surface area contributed by atoms with Crippen LogP contribution in [0.2, 0.25) is 0 Å². The second-order valence-electron chi connectivity index (χ2n) is 8.82. The minimum absolute atomic E-state index is 0.0600. The molecule has 1 N–H and O–H groups in total. The molecule has 1 amide bonds. The molecule has 2 aromatic heterocycles. The van der Waals surface area contributed by atoms with Gasteiger partial charge in [0, 0.05) is 31.5 Å². The second kappa shape index (κ2) is 10.2. The first-order valence-electron chi connectivity index (χ1n) is 11.9. The van der Waals surface area contributed by atoms with Gasteiger partial charge in [0.25, 0.3) is 5.91 Å². The average molecular weight is 434 g/mol. The van der Waals surface area contributed by atoms with Crippen molar-refractivity contribution in [1.82, 2.24) is 24.6 Å². The molecular weight excluding hydrogens is 398 g/mol. The number of aromatic nitrogens is 3. The molecule has 1 aromatic carbocycles. The summed E-state index contributed by atoms with van der Waals surface area (Å²) in [4.78, 5) is 15.9. The zero-order chi connectivity index (χ0) is 22.5. The normalized spacial score (nSPS) is 16.9. The molecule has 32 heavy (non-hydrogen) atoms. The number of likely N-dealkylation sites (tertiary alicyclic amines) is 1. The van der Waals surface area contributed by atoms with Crippen LogP contribution in [0.25, 0.3) is 11.5 Å². The number of nitrogens with zero attached hydrogens (tertiary/aromatic N) is 4. The molecule has 0 saturated carbocycles. The van der Waals surface area contributed by atoms with Crippen molar-refractivity contribution in [1.29, 1.82) is 0 Å². The molecule has 0 unspecified atom stereocenters. The molecular formula is C26H35N5O. The van der Waals surface area contributed by atoms with Crippen LogP contribution >= 0.6 is 0 Å². The zero-order valence-corrected chi connectivity index (χ0v) is 19.6. The van der Waals surface area contributed by atoms with Crippen LogP contribution < -0.4 is 5.32 Å². The maximum absolute atomic E-state index is 13.3. The highest BCUT2D eigenvalue weighted by Crippen LogP contribution is 2.23. The van der Waals surface area contributed by atoms with E-state index in [9.17, 15) is 4.79 Å². The fourth-order valence-corrected chi connectivity index (χ4v) is 4.75. The predicted octanol–water partition coefficient (Wildman–Crippen LogP) is 4.66. The SMILES string of the molecule is CC[C@H]1CCCCN1CCCNC(=O)c1c(C)nn(-c2ccc(C)cc2)c1-n1cccc1. The van der Waals surface area contributed by atoms with E-state index in [1.165, 1.54) is 37.8 Å². The van der Waals surface area contributed by atoms with Crippen LogP contribution in [0.15, 0.2) is 48.8 Å². The van der Waals surface area contributed by atoms with Crippen molar-refractivity contribution in [3.8, 4) is 11.5 Å². The third kappa shape index (κ3) is 4.80. The Hall–Kier alpha value is -2.86. The van der Waals surface area contributed by atoms with Crippen LogP contribution in [0, 0.1) is 13.8 Å². The number of aryl methyl sites for hydroxylation is 2. The van der Waals surface area contributed by atoms with Gasteiger partial charge in [-0.15, -0.1) is 0 Å². The Morgan fingerprint density at radius 2 is 1.88 bits per heavy atom. The van der Waals surface area contributed by atoms with E-state index < -0.39 is 0 Å². The van der Waals surface area contributed by atoms with Gasteiger partial charge in [-0.05, 0) is 70.3 Å². The van der Waals surface area contributed by atoms with Gasteiger partial charge < -0.3 is 14.8 Å². The molecule has 0 bridgehead atoms. The fraction of sp³-hybridized carbons (Fsp3) is 0.462. The largest absolute Gasteiger partial charge is 0.352 e. The van der Waals surface area contributed by atoms with Gasteiger partial charge in [0.1, 0.15) is 5.56 Å². The Morgan fingerprint density at radius 1 is 1.12 bits per heavy atom. The first-order chi connectivity index (χ1) is 15.6. The van der Waals surface area contributed by atoms with Crippen LogP contribution in [0.1, 0.15) is 60.6 Å². The lowest BCUT2D eigenvalue weighted by molar-refractivity contribution is 0.0946. The number of benzene rings is 1. The summed E-state index contributed by atoms with van der Waals surface area (Å²) in [5.74, 6) is 0.714. The second-order valence-corrected chi connectivity index (χ2v) is 8.82. The number of piperidine rings is 1. The molecule has 6 nitrogen and oxygen atoms in total. The van der Waals surface area contributed by atoms with Gasteiger partial charge >= 0.3 is 0 Å². The Bertz CT molecular complexity index is 1020. The van der Waals surface area contributed by atoms with Crippen molar-refractivity contribution in [3.63, 3.8) is 0 Å².